The number of hydrogen-bond acceptors (Lipinski definition) is 1. The quantitative estimate of drug-likeness (QED) is 0.667. The molecule has 0 aliphatic carbocycles. The molecular weight excluding hydrogens is 170 g/mol. The van der Waals surface area contributed by atoms with Crippen LogP contribution < -0.4 is 0 Å². The van der Waals surface area contributed by atoms with E-state index in [4.69, 9.17) is 0 Å². The first kappa shape index (κ1) is 12.0. The number of rotatable bonds is 4. The molecule has 0 spiro atoms. The van der Waals surface area contributed by atoms with Crippen LogP contribution in [0.15, 0.2) is 0 Å². The molecule has 1 saturated heterocycles. The molecule has 1 aliphatic heterocycles. The van der Waals surface area contributed by atoms with Crippen LogP contribution in [0.25, 0.3) is 0 Å². The van der Waals surface area contributed by atoms with E-state index in [1.54, 1.807) is 0 Å². The number of piperidine rings is 1. The maximum atomic E-state index is 2.67. The van der Waals surface area contributed by atoms with Crippen molar-refractivity contribution in [3.05, 3.63) is 0 Å². The summed E-state index contributed by atoms with van der Waals surface area (Å²) >= 11 is 0. The standard InChI is InChI=1S/C13H27N/c1-5-6-8-14-9-7-12(4)13(10-14)11(2)3/h11-13H,5-10H2,1-4H3/t12-,13?/m0/s1. The Bertz CT molecular complexity index is 151. The summed E-state index contributed by atoms with van der Waals surface area (Å²) in [6.07, 6.45) is 4.12. The van der Waals surface area contributed by atoms with Crippen molar-refractivity contribution in [2.24, 2.45) is 17.8 Å². The van der Waals surface area contributed by atoms with Crippen LogP contribution in [0.4, 0.5) is 0 Å². The minimum Gasteiger partial charge on any atom is -0.303 e. The van der Waals surface area contributed by atoms with Gasteiger partial charge in [-0.05, 0) is 43.7 Å². The molecule has 1 fully saturated rings. The molecule has 2 atom stereocenters. The van der Waals surface area contributed by atoms with E-state index >= 15 is 0 Å². The molecule has 0 amide bonds. The lowest BCUT2D eigenvalue weighted by Crippen LogP contribution is -2.42. The van der Waals surface area contributed by atoms with Gasteiger partial charge in [-0.2, -0.15) is 0 Å². The SMILES string of the molecule is CCCCN1CC[C@H](C)C(C(C)C)C1. The molecule has 1 rings (SSSR count). The Morgan fingerprint density at radius 3 is 2.64 bits per heavy atom. The van der Waals surface area contributed by atoms with Crippen molar-refractivity contribution in [1.29, 1.82) is 0 Å². The molecule has 1 heterocycles. The highest BCUT2D eigenvalue weighted by Crippen LogP contribution is 2.29. The zero-order valence-corrected chi connectivity index (χ0v) is 10.4. The number of likely N-dealkylation sites (tertiary alicyclic amines) is 1. The van der Waals surface area contributed by atoms with E-state index in [-0.39, 0.29) is 0 Å². The fourth-order valence-corrected chi connectivity index (χ4v) is 2.62. The van der Waals surface area contributed by atoms with E-state index in [9.17, 15) is 0 Å². The Labute approximate surface area is 89.9 Å². The Morgan fingerprint density at radius 1 is 1.36 bits per heavy atom. The fourth-order valence-electron chi connectivity index (χ4n) is 2.62. The van der Waals surface area contributed by atoms with Crippen LogP contribution in [0, 0.1) is 17.8 Å². The molecule has 0 N–H and O–H groups in total. The molecule has 14 heavy (non-hydrogen) atoms. The van der Waals surface area contributed by atoms with E-state index in [0.29, 0.717) is 0 Å². The van der Waals surface area contributed by atoms with Crippen molar-refractivity contribution in [3.63, 3.8) is 0 Å². The van der Waals surface area contributed by atoms with Crippen molar-refractivity contribution in [1.82, 2.24) is 4.90 Å². The van der Waals surface area contributed by atoms with Crippen LogP contribution >= 0.6 is 0 Å². The Hall–Kier alpha value is -0.0400. The van der Waals surface area contributed by atoms with Gasteiger partial charge in [0.1, 0.15) is 0 Å². The minimum atomic E-state index is 0.856. The van der Waals surface area contributed by atoms with E-state index in [1.807, 2.05) is 0 Å². The van der Waals surface area contributed by atoms with Gasteiger partial charge >= 0.3 is 0 Å². The lowest BCUT2D eigenvalue weighted by Gasteiger charge is -2.39. The number of nitrogens with zero attached hydrogens (tertiary/aromatic N) is 1. The summed E-state index contributed by atoms with van der Waals surface area (Å²) in [5.41, 5.74) is 0. The normalized spacial score (nSPS) is 29.8. The third kappa shape index (κ3) is 3.27. The predicted molar refractivity (Wildman–Crippen MR) is 63.5 cm³/mol. The molecule has 0 aromatic carbocycles. The molecule has 1 aliphatic rings. The van der Waals surface area contributed by atoms with Crippen LogP contribution in [0.5, 0.6) is 0 Å². The van der Waals surface area contributed by atoms with Gasteiger partial charge in [-0.25, -0.2) is 0 Å². The molecule has 1 unspecified atom stereocenters. The zero-order chi connectivity index (χ0) is 10.6. The minimum absolute atomic E-state index is 0.856. The summed E-state index contributed by atoms with van der Waals surface area (Å²) in [5.74, 6) is 2.72. The Morgan fingerprint density at radius 2 is 2.07 bits per heavy atom. The van der Waals surface area contributed by atoms with Crippen LogP contribution in [-0.4, -0.2) is 24.5 Å². The molecule has 0 aromatic heterocycles. The maximum absolute atomic E-state index is 2.67. The molecule has 0 radical (unpaired) electrons. The van der Waals surface area contributed by atoms with Crippen molar-refractivity contribution < 1.29 is 0 Å². The first-order valence-corrected chi connectivity index (χ1v) is 6.37. The summed E-state index contributed by atoms with van der Waals surface area (Å²) in [7, 11) is 0. The summed E-state index contributed by atoms with van der Waals surface area (Å²) in [5, 5.41) is 0. The second-order valence-electron chi connectivity index (χ2n) is 5.33. The molecule has 84 valence electrons. The third-order valence-electron chi connectivity index (χ3n) is 3.78. The highest BCUT2D eigenvalue weighted by Gasteiger charge is 2.27. The third-order valence-corrected chi connectivity index (χ3v) is 3.78. The molecular formula is C13H27N. The summed E-state index contributed by atoms with van der Waals surface area (Å²) in [6, 6.07) is 0. The average Bonchev–Trinajstić information content (AvgIpc) is 2.16. The molecule has 0 aromatic rings. The zero-order valence-electron chi connectivity index (χ0n) is 10.4. The first-order valence-electron chi connectivity index (χ1n) is 6.37. The molecule has 1 nitrogen and oxygen atoms in total. The van der Waals surface area contributed by atoms with Gasteiger partial charge in [-0.1, -0.05) is 34.1 Å². The monoisotopic (exact) mass is 197 g/mol. The fraction of sp³-hybridized carbons (Fsp3) is 1.00. The van der Waals surface area contributed by atoms with Gasteiger partial charge in [0.25, 0.3) is 0 Å². The van der Waals surface area contributed by atoms with E-state index in [1.165, 1.54) is 38.9 Å². The van der Waals surface area contributed by atoms with Gasteiger partial charge in [0.2, 0.25) is 0 Å². The van der Waals surface area contributed by atoms with Crippen LogP contribution in [-0.2, 0) is 0 Å². The Balaban J connectivity index is 2.37. The lowest BCUT2D eigenvalue weighted by molar-refractivity contribution is 0.0969. The van der Waals surface area contributed by atoms with Gasteiger partial charge in [-0.15, -0.1) is 0 Å². The van der Waals surface area contributed by atoms with Crippen molar-refractivity contribution in [2.45, 2.75) is 47.0 Å². The van der Waals surface area contributed by atoms with E-state index < -0.39 is 0 Å². The molecule has 1 heteroatoms. The summed E-state index contributed by atoms with van der Waals surface area (Å²) < 4.78 is 0. The van der Waals surface area contributed by atoms with Crippen molar-refractivity contribution >= 4 is 0 Å². The molecule has 0 saturated carbocycles. The van der Waals surface area contributed by atoms with E-state index in [0.717, 1.165) is 17.8 Å². The Kier molecular flexibility index (Phi) is 4.94. The van der Waals surface area contributed by atoms with Gasteiger partial charge in [-0.3, -0.25) is 0 Å². The largest absolute Gasteiger partial charge is 0.303 e. The van der Waals surface area contributed by atoms with E-state index in [2.05, 4.69) is 32.6 Å². The summed E-state index contributed by atoms with van der Waals surface area (Å²) in [6.45, 7) is 13.5. The van der Waals surface area contributed by atoms with Crippen molar-refractivity contribution in [3.8, 4) is 0 Å². The second-order valence-corrected chi connectivity index (χ2v) is 5.33. The van der Waals surface area contributed by atoms with Gasteiger partial charge in [0.15, 0.2) is 0 Å². The number of hydrogen-bond donors (Lipinski definition) is 0. The lowest BCUT2D eigenvalue weighted by atomic mass is 9.79. The van der Waals surface area contributed by atoms with Crippen LogP contribution in [0.2, 0.25) is 0 Å². The first-order chi connectivity index (χ1) is 6.65. The summed E-state index contributed by atoms with van der Waals surface area (Å²) in [4.78, 5) is 2.67. The highest BCUT2D eigenvalue weighted by atomic mass is 15.1. The van der Waals surface area contributed by atoms with Gasteiger partial charge in [0, 0.05) is 6.54 Å². The smallest absolute Gasteiger partial charge is 0.00147 e. The van der Waals surface area contributed by atoms with Crippen LogP contribution in [0.3, 0.4) is 0 Å². The predicted octanol–water partition coefficient (Wildman–Crippen LogP) is 3.40. The van der Waals surface area contributed by atoms with Crippen molar-refractivity contribution in [2.75, 3.05) is 19.6 Å². The average molecular weight is 197 g/mol. The van der Waals surface area contributed by atoms with Gasteiger partial charge < -0.3 is 4.90 Å². The highest BCUT2D eigenvalue weighted by molar-refractivity contribution is 4.79. The second kappa shape index (κ2) is 5.75. The van der Waals surface area contributed by atoms with Crippen LogP contribution in [0.1, 0.15) is 47.0 Å². The molecule has 0 bridgehead atoms. The topological polar surface area (TPSA) is 3.24 Å². The maximum Gasteiger partial charge on any atom is 0.00147 e. The van der Waals surface area contributed by atoms with Gasteiger partial charge in [0.05, 0.1) is 0 Å². The number of unbranched alkanes of at least 4 members (excludes halogenated alkanes) is 1.